The molecule has 2 aromatic carbocycles. The van der Waals surface area contributed by atoms with Crippen molar-refractivity contribution in [3.63, 3.8) is 0 Å². The molecular formula is C22H27FN4O5. The van der Waals surface area contributed by atoms with Gasteiger partial charge in [-0.3, -0.25) is 15.0 Å². The summed E-state index contributed by atoms with van der Waals surface area (Å²) in [5.41, 5.74) is 11.7. The number of carbonyl (C=O) groups is 2. The van der Waals surface area contributed by atoms with Crippen LogP contribution in [0, 0.1) is 11.2 Å². The predicted molar refractivity (Wildman–Crippen MR) is 116 cm³/mol. The van der Waals surface area contributed by atoms with Gasteiger partial charge in [-0.2, -0.15) is 0 Å². The molecule has 6 N–H and O–H groups in total. The highest BCUT2D eigenvalue weighted by Gasteiger charge is 2.25. The molecule has 9 nitrogen and oxygen atoms in total. The number of amidine groups is 1. The number of amides is 2. The first-order chi connectivity index (χ1) is 15.2. The molecule has 0 heterocycles. The Labute approximate surface area is 185 Å². The van der Waals surface area contributed by atoms with E-state index in [1.807, 2.05) is 0 Å². The number of hydrogen-bond acceptors (Lipinski definition) is 6. The number of rotatable bonds is 11. The van der Waals surface area contributed by atoms with Gasteiger partial charge in [0.1, 0.15) is 23.2 Å². The zero-order chi connectivity index (χ0) is 23.8. The van der Waals surface area contributed by atoms with Crippen molar-refractivity contribution in [1.29, 1.82) is 5.41 Å². The topological polar surface area (TPSA) is 150 Å². The normalized spacial score (nSPS) is 12.5. The van der Waals surface area contributed by atoms with Gasteiger partial charge >= 0.3 is 0 Å². The minimum Gasteiger partial charge on any atom is -0.497 e. The summed E-state index contributed by atoms with van der Waals surface area (Å²) in [6.07, 6.45) is -2.13. The molecule has 0 aliphatic rings. The number of hydrogen-bond donors (Lipinski definition) is 4. The summed E-state index contributed by atoms with van der Waals surface area (Å²) in [5, 5.41) is 10.3. The van der Waals surface area contributed by atoms with Crippen LogP contribution in [0.15, 0.2) is 36.4 Å². The van der Waals surface area contributed by atoms with E-state index in [0.717, 1.165) is 0 Å². The third-order valence-corrected chi connectivity index (χ3v) is 4.60. The Kier molecular flexibility index (Phi) is 8.54. The van der Waals surface area contributed by atoms with Crippen molar-refractivity contribution in [3.05, 3.63) is 58.9 Å². The monoisotopic (exact) mass is 446 g/mol. The zero-order valence-electron chi connectivity index (χ0n) is 18.1. The maximum atomic E-state index is 14.5. The molecule has 0 fully saturated rings. The Balaban J connectivity index is 2.25. The summed E-state index contributed by atoms with van der Waals surface area (Å²) in [7, 11) is 1.41. The first kappa shape index (κ1) is 24.6. The van der Waals surface area contributed by atoms with Crippen molar-refractivity contribution in [2.24, 2.45) is 11.5 Å². The van der Waals surface area contributed by atoms with Crippen LogP contribution in [-0.2, 0) is 20.9 Å². The molecule has 0 radical (unpaired) electrons. The summed E-state index contributed by atoms with van der Waals surface area (Å²) in [6.45, 7) is 3.34. The Bertz CT molecular complexity index is 998. The average molecular weight is 446 g/mol. The second-order valence-corrected chi connectivity index (χ2v) is 6.84. The molecule has 2 aromatic rings. The minimum atomic E-state index is -1.18. The van der Waals surface area contributed by atoms with Crippen LogP contribution in [0.1, 0.15) is 36.6 Å². The molecule has 2 atom stereocenters. The van der Waals surface area contributed by atoms with Crippen LogP contribution in [-0.4, -0.2) is 37.5 Å². The highest BCUT2D eigenvalue weighted by Crippen LogP contribution is 2.26. The van der Waals surface area contributed by atoms with Crippen molar-refractivity contribution in [3.8, 4) is 11.5 Å². The highest BCUT2D eigenvalue weighted by atomic mass is 19.1. The number of nitrogens with two attached hydrogens (primary N) is 2. The molecule has 32 heavy (non-hydrogen) atoms. The molecule has 0 saturated carbocycles. The number of halogens is 1. The third-order valence-electron chi connectivity index (χ3n) is 4.60. The summed E-state index contributed by atoms with van der Waals surface area (Å²) in [6, 6.07) is 8.80. The van der Waals surface area contributed by atoms with Crippen molar-refractivity contribution in [2.75, 3.05) is 13.7 Å². The molecule has 172 valence electrons. The number of carbonyl (C=O) groups excluding carboxylic acids is 2. The molecule has 2 rings (SSSR count). The third kappa shape index (κ3) is 6.17. The van der Waals surface area contributed by atoms with Crippen LogP contribution in [0.4, 0.5) is 4.39 Å². The van der Waals surface area contributed by atoms with E-state index in [4.69, 9.17) is 31.1 Å². The van der Waals surface area contributed by atoms with Crippen LogP contribution >= 0.6 is 0 Å². The lowest BCUT2D eigenvalue weighted by Crippen LogP contribution is -2.33. The van der Waals surface area contributed by atoms with Gasteiger partial charge in [0.15, 0.2) is 12.2 Å². The van der Waals surface area contributed by atoms with Gasteiger partial charge in [-0.1, -0.05) is 12.1 Å². The summed E-state index contributed by atoms with van der Waals surface area (Å²) in [4.78, 5) is 24.2. The van der Waals surface area contributed by atoms with Gasteiger partial charge in [-0.05, 0) is 32.0 Å². The molecular weight excluding hydrogens is 419 g/mol. The van der Waals surface area contributed by atoms with Gasteiger partial charge in [0.25, 0.3) is 11.8 Å². The van der Waals surface area contributed by atoms with Gasteiger partial charge in [-0.15, -0.1) is 0 Å². The van der Waals surface area contributed by atoms with Crippen molar-refractivity contribution >= 4 is 17.6 Å². The van der Waals surface area contributed by atoms with Crippen LogP contribution < -0.4 is 26.3 Å². The number of benzene rings is 2. The molecule has 2 amide bonds. The predicted octanol–water partition coefficient (Wildman–Crippen LogP) is 1.76. The van der Waals surface area contributed by atoms with Crippen molar-refractivity contribution in [2.45, 2.75) is 32.6 Å². The van der Waals surface area contributed by atoms with E-state index in [1.165, 1.54) is 38.3 Å². The fourth-order valence-corrected chi connectivity index (χ4v) is 2.82. The average Bonchev–Trinajstić information content (AvgIpc) is 2.76. The minimum absolute atomic E-state index is 0.0147. The van der Waals surface area contributed by atoms with Crippen LogP contribution in [0.3, 0.4) is 0 Å². The van der Waals surface area contributed by atoms with Crippen molar-refractivity contribution in [1.82, 2.24) is 5.32 Å². The largest absolute Gasteiger partial charge is 0.497 e. The number of methoxy groups -OCH3 is 1. The summed E-state index contributed by atoms with van der Waals surface area (Å²) >= 11 is 0. The van der Waals surface area contributed by atoms with E-state index in [2.05, 4.69) is 5.32 Å². The SMILES string of the molecule is CCO[C@H](C(=O)NCc1ccc(C(=N)N)cc1OC(C)C(N)=O)c1ccc(OC)cc1F. The number of ether oxygens (including phenoxy) is 3. The fraction of sp³-hybridized carbons (Fsp3) is 0.318. The molecule has 1 unspecified atom stereocenters. The Morgan fingerprint density at radius 1 is 1.19 bits per heavy atom. The first-order valence-corrected chi connectivity index (χ1v) is 9.83. The lowest BCUT2D eigenvalue weighted by atomic mass is 10.1. The maximum absolute atomic E-state index is 14.5. The van der Waals surface area contributed by atoms with Gasteiger partial charge in [-0.25, -0.2) is 4.39 Å². The van der Waals surface area contributed by atoms with E-state index in [1.54, 1.807) is 19.1 Å². The van der Waals surface area contributed by atoms with Gasteiger partial charge in [0, 0.05) is 35.9 Å². The molecule has 0 bridgehead atoms. The molecule has 0 spiro atoms. The molecule has 10 heteroatoms. The summed E-state index contributed by atoms with van der Waals surface area (Å²) in [5.74, 6) is -1.53. The molecule has 0 aliphatic heterocycles. The Hall–Kier alpha value is -3.66. The zero-order valence-corrected chi connectivity index (χ0v) is 18.1. The van der Waals surface area contributed by atoms with Gasteiger partial charge < -0.3 is 31.0 Å². The van der Waals surface area contributed by atoms with Crippen LogP contribution in [0.2, 0.25) is 0 Å². The van der Waals surface area contributed by atoms with E-state index < -0.39 is 29.8 Å². The fourth-order valence-electron chi connectivity index (χ4n) is 2.82. The maximum Gasteiger partial charge on any atom is 0.258 e. The molecule has 0 saturated heterocycles. The number of nitrogen functional groups attached to an aromatic ring is 1. The van der Waals surface area contributed by atoms with E-state index in [0.29, 0.717) is 16.9 Å². The van der Waals surface area contributed by atoms with Gasteiger partial charge in [0.2, 0.25) is 0 Å². The van der Waals surface area contributed by atoms with E-state index in [-0.39, 0.29) is 30.3 Å². The van der Waals surface area contributed by atoms with Crippen LogP contribution in [0.5, 0.6) is 11.5 Å². The lowest BCUT2D eigenvalue weighted by molar-refractivity contribution is -0.133. The van der Waals surface area contributed by atoms with E-state index >= 15 is 0 Å². The smallest absolute Gasteiger partial charge is 0.258 e. The highest BCUT2D eigenvalue weighted by molar-refractivity contribution is 5.95. The van der Waals surface area contributed by atoms with Crippen LogP contribution in [0.25, 0.3) is 0 Å². The molecule has 0 aliphatic carbocycles. The summed E-state index contributed by atoms with van der Waals surface area (Å²) < 4.78 is 30.6. The Morgan fingerprint density at radius 2 is 1.91 bits per heavy atom. The number of primary amides is 1. The van der Waals surface area contributed by atoms with Crippen molar-refractivity contribution < 1.29 is 28.2 Å². The van der Waals surface area contributed by atoms with E-state index in [9.17, 15) is 14.0 Å². The Morgan fingerprint density at radius 3 is 2.47 bits per heavy atom. The number of nitrogens with one attached hydrogen (secondary N) is 2. The second-order valence-electron chi connectivity index (χ2n) is 6.84. The van der Waals surface area contributed by atoms with Gasteiger partial charge in [0.05, 0.1) is 7.11 Å². The second kappa shape index (κ2) is 11.1. The molecule has 0 aromatic heterocycles. The first-order valence-electron chi connectivity index (χ1n) is 9.83. The quantitative estimate of drug-likeness (QED) is 0.305. The lowest BCUT2D eigenvalue weighted by Gasteiger charge is -2.20. The standard InChI is InChI=1S/C22H27FN4O5/c1-4-31-19(16-8-7-15(30-3)10-17(16)23)22(29)27-11-14-6-5-13(20(24)25)9-18(14)32-12(2)21(26)28/h5-10,12,19H,4,11H2,1-3H3,(H3,24,25)(H2,26,28)(H,27,29)/t12?,19-/m0/s1.